The molecule has 0 aromatic heterocycles. The van der Waals surface area contributed by atoms with E-state index < -0.39 is 12.1 Å². The van der Waals surface area contributed by atoms with E-state index in [1.807, 2.05) is 24.3 Å². The van der Waals surface area contributed by atoms with Gasteiger partial charge in [0.15, 0.2) is 17.6 Å². The molecule has 1 heterocycles. The standard InChI is InChI=1S/C21H23NO5/c1-14(21(24)22-11-10-16-6-4-5-7-17(16)22)27-20(23)13-15-8-9-18(25-2)19(12-15)26-3/h4-9,12,14H,10-11,13H2,1-3H3. The molecule has 1 aliphatic rings. The second kappa shape index (κ2) is 8.12. The van der Waals surface area contributed by atoms with Crippen LogP contribution in [-0.2, 0) is 27.2 Å². The van der Waals surface area contributed by atoms with Crippen molar-refractivity contribution in [1.82, 2.24) is 0 Å². The molecule has 0 aliphatic carbocycles. The number of fused-ring (bicyclic) bond motifs is 1. The summed E-state index contributed by atoms with van der Waals surface area (Å²) in [4.78, 5) is 26.7. The molecule has 2 aromatic carbocycles. The van der Waals surface area contributed by atoms with Crippen LogP contribution in [0, 0.1) is 0 Å². The van der Waals surface area contributed by atoms with Gasteiger partial charge in [-0.15, -0.1) is 0 Å². The Balaban J connectivity index is 1.62. The van der Waals surface area contributed by atoms with E-state index in [9.17, 15) is 9.59 Å². The topological polar surface area (TPSA) is 65.1 Å². The number of nitrogens with zero attached hydrogens (tertiary/aromatic N) is 1. The fourth-order valence-electron chi connectivity index (χ4n) is 3.23. The number of carbonyl (C=O) groups is 2. The summed E-state index contributed by atoms with van der Waals surface area (Å²) in [6.45, 7) is 2.21. The van der Waals surface area contributed by atoms with Crippen molar-refractivity contribution in [2.24, 2.45) is 0 Å². The molecule has 6 nitrogen and oxygen atoms in total. The van der Waals surface area contributed by atoms with Crippen LogP contribution in [0.2, 0.25) is 0 Å². The highest BCUT2D eigenvalue weighted by Crippen LogP contribution is 2.29. The van der Waals surface area contributed by atoms with Crippen molar-refractivity contribution in [3.05, 3.63) is 53.6 Å². The smallest absolute Gasteiger partial charge is 0.311 e. The molecule has 0 fully saturated rings. The van der Waals surface area contributed by atoms with Gasteiger partial charge < -0.3 is 19.1 Å². The number of benzene rings is 2. The molecule has 1 atom stereocenters. The van der Waals surface area contributed by atoms with Crippen molar-refractivity contribution in [2.45, 2.75) is 25.9 Å². The van der Waals surface area contributed by atoms with E-state index in [0.717, 1.165) is 23.2 Å². The fraction of sp³-hybridized carbons (Fsp3) is 0.333. The van der Waals surface area contributed by atoms with Gasteiger partial charge in [-0.25, -0.2) is 0 Å². The molecule has 27 heavy (non-hydrogen) atoms. The first-order chi connectivity index (χ1) is 13.0. The molecule has 0 saturated heterocycles. The van der Waals surface area contributed by atoms with Crippen LogP contribution in [0.5, 0.6) is 11.5 Å². The number of para-hydroxylation sites is 1. The molecule has 1 aliphatic heterocycles. The van der Waals surface area contributed by atoms with Crippen molar-refractivity contribution in [3.8, 4) is 11.5 Å². The minimum atomic E-state index is -0.844. The summed E-state index contributed by atoms with van der Waals surface area (Å²) in [5.41, 5.74) is 2.75. The molecule has 0 N–H and O–H groups in total. The van der Waals surface area contributed by atoms with Gasteiger partial charge in [0, 0.05) is 12.2 Å². The van der Waals surface area contributed by atoms with Crippen LogP contribution in [-0.4, -0.2) is 38.7 Å². The Labute approximate surface area is 158 Å². The first kappa shape index (κ1) is 18.8. The van der Waals surface area contributed by atoms with Crippen molar-refractivity contribution in [2.75, 3.05) is 25.7 Å². The summed E-state index contributed by atoms with van der Waals surface area (Å²) >= 11 is 0. The predicted octanol–water partition coefficient (Wildman–Crippen LogP) is 2.77. The monoisotopic (exact) mass is 369 g/mol. The average Bonchev–Trinajstić information content (AvgIpc) is 3.11. The first-order valence-electron chi connectivity index (χ1n) is 8.83. The lowest BCUT2D eigenvalue weighted by Gasteiger charge is -2.21. The van der Waals surface area contributed by atoms with E-state index in [1.54, 1.807) is 37.1 Å². The molecule has 0 saturated carbocycles. The maximum absolute atomic E-state index is 12.7. The minimum Gasteiger partial charge on any atom is -0.493 e. The van der Waals surface area contributed by atoms with Gasteiger partial charge in [0.25, 0.3) is 5.91 Å². The third-order valence-electron chi connectivity index (χ3n) is 4.61. The van der Waals surface area contributed by atoms with Gasteiger partial charge in [-0.2, -0.15) is 0 Å². The number of carbonyl (C=O) groups excluding carboxylic acids is 2. The number of amides is 1. The highest BCUT2D eigenvalue weighted by Gasteiger charge is 2.29. The van der Waals surface area contributed by atoms with Crippen molar-refractivity contribution in [1.29, 1.82) is 0 Å². The van der Waals surface area contributed by atoms with E-state index in [0.29, 0.717) is 18.0 Å². The van der Waals surface area contributed by atoms with E-state index in [1.165, 1.54) is 7.11 Å². The van der Waals surface area contributed by atoms with Gasteiger partial charge in [-0.05, 0) is 42.7 Å². The van der Waals surface area contributed by atoms with Gasteiger partial charge >= 0.3 is 5.97 Å². The number of anilines is 1. The Bertz CT molecular complexity index is 848. The number of esters is 1. The van der Waals surface area contributed by atoms with Gasteiger partial charge in [0.05, 0.1) is 20.6 Å². The van der Waals surface area contributed by atoms with Gasteiger partial charge in [0.2, 0.25) is 0 Å². The maximum atomic E-state index is 12.7. The first-order valence-corrected chi connectivity index (χ1v) is 8.83. The molecule has 1 unspecified atom stereocenters. The molecule has 0 radical (unpaired) electrons. The molecule has 0 bridgehead atoms. The van der Waals surface area contributed by atoms with Crippen LogP contribution in [0.1, 0.15) is 18.1 Å². The zero-order valence-electron chi connectivity index (χ0n) is 15.7. The fourth-order valence-corrected chi connectivity index (χ4v) is 3.23. The molecule has 3 rings (SSSR count). The van der Waals surface area contributed by atoms with E-state index in [-0.39, 0.29) is 12.3 Å². The lowest BCUT2D eigenvalue weighted by atomic mass is 10.1. The van der Waals surface area contributed by atoms with Gasteiger partial charge in [-0.3, -0.25) is 9.59 Å². The molecule has 1 amide bonds. The summed E-state index contributed by atoms with van der Waals surface area (Å²) in [6.07, 6.45) is 0.0202. The Morgan fingerprint density at radius 2 is 1.81 bits per heavy atom. The van der Waals surface area contributed by atoms with Crippen LogP contribution in [0.4, 0.5) is 5.69 Å². The quantitative estimate of drug-likeness (QED) is 0.733. The third-order valence-corrected chi connectivity index (χ3v) is 4.61. The summed E-state index contributed by atoms with van der Waals surface area (Å²) in [5, 5.41) is 0. The molecular formula is C21H23NO5. The molecule has 2 aromatic rings. The van der Waals surface area contributed by atoms with E-state index in [2.05, 4.69) is 0 Å². The normalized spacial score (nSPS) is 13.7. The van der Waals surface area contributed by atoms with E-state index in [4.69, 9.17) is 14.2 Å². The highest BCUT2D eigenvalue weighted by atomic mass is 16.5. The molecular weight excluding hydrogens is 346 g/mol. The Kier molecular flexibility index (Phi) is 5.64. The summed E-state index contributed by atoms with van der Waals surface area (Å²) in [7, 11) is 3.09. The van der Waals surface area contributed by atoms with E-state index >= 15 is 0 Å². The summed E-state index contributed by atoms with van der Waals surface area (Å²) in [6, 6.07) is 13.0. The van der Waals surface area contributed by atoms with Gasteiger partial charge in [0.1, 0.15) is 0 Å². The molecule has 6 heteroatoms. The van der Waals surface area contributed by atoms with Crippen LogP contribution in [0.15, 0.2) is 42.5 Å². The van der Waals surface area contributed by atoms with Crippen molar-refractivity contribution >= 4 is 17.6 Å². The average molecular weight is 369 g/mol. The second-order valence-electron chi connectivity index (χ2n) is 6.37. The van der Waals surface area contributed by atoms with Crippen molar-refractivity contribution in [3.63, 3.8) is 0 Å². The Morgan fingerprint density at radius 3 is 2.56 bits per heavy atom. The number of hydrogen-bond acceptors (Lipinski definition) is 5. The Hall–Kier alpha value is -3.02. The number of methoxy groups -OCH3 is 2. The van der Waals surface area contributed by atoms with Gasteiger partial charge in [-0.1, -0.05) is 24.3 Å². The lowest BCUT2D eigenvalue weighted by molar-refractivity contribution is -0.153. The molecule has 142 valence electrons. The van der Waals surface area contributed by atoms with Crippen LogP contribution in [0.25, 0.3) is 0 Å². The zero-order chi connectivity index (χ0) is 19.4. The lowest BCUT2D eigenvalue weighted by Crippen LogP contribution is -2.39. The Morgan fingerprint density at radius 1 is 1.07 bits per heavy atom. The largest absolute Gasteiger partial charge is 0.493 e. The predicted molar refractivity (Wildman–Crippen MR) is 101 cm³/mol. The van der Waals surface area contributed by atoms with Crippen LogP contribution in [0.3, 0.4) is 0 Å². The third kappa shape index (κ3) is 4.05. The highest BCUT2D eigenvalue weighted by molar-refractivity contribution is 5.99. The van der Waals surface area contributed by atoms with Crippen LogP contribution < -0.4 is 14.4 Å². The number of hydrogen-bond donors (Lipinski definition) is 0. The SMILES string of the molecule is COc1ccc(CC(=O)OC(C)C(=O)N2CCc3ccccc32)cc1OC. The number of ether oxygens (including phenoxy) is 3. The summed E-state index contributed by atoms with van der Waals surface area (Å²) in [5.74, 6) is 0.461. The minimum absolute atomic E-state index is 0.0502. The maximum Gasteiger partial charge on any atom is 0.311 e. The zero-order valence-corrected chi connectivity index (χ0v) is 15.7. The summed E-state index contributed by atoms with van der Waals surface area (Å²) < 4.78 is 15.8. The number of rotatable bonds is 6. The molecule has 0 spiro atoms. The van der Waals surface area contributed by atoms with Crippen molar-refractivity contribution < 1.29 is 23.8 Å². The van der Waals surface area contributed by atoms with Crippen LogP contribution >= 0.6 is 0 Å². The second-order valence-corrected chi connectivity index (χ2v) is 6.37.